The molecule has 2 amide bonds. The van der Waals surface area contributed by atoms with Crippen molar-refractivity contribution in [1.82, 2.24) is 30.9 Å². The molecule has 0 spiro atoms. The number of fused-ring (bicyclic) bond motifs is 2. The summed E-state index contributed by atoms with van der Waals surface area (Å²) in [6, 6.07) is 3.85. The van der Waals surface area contributed by atoms with Crippen molar-refractivity contribution in [2.75, 3.05) is 30.0 Å². The third-order valence-electron chi connectivity index (χ3n) is 5.64. The fourth-order valence-electron chi connectivity index (χ4n) is 3.92. The standard InChI is InChI=1S/C20H19FN8O3/c1-28-16-7-15(29-5-3-11-2-4-22-8-12(11)9-29)13(21)6-17(16)32-10-14(20(28)31)23-19(30)18-24-26-27-25-18/h2,4,6-8,14H,3,5,9-10H2,1H3,(H,23,30)(H,24,25,26,27)/t14-/m0/s1. The number of H-pyrrole nitrogens is 1. The van der Waals surface area contributed by atoms with Gasteiger partial charge < -0.3 is 19.9 Å². The van der Waals surface area contributed by atoms with Gasteiger partial charge in [0.05, 0.1) is 11.4 Å². The van der Waals surface area contributed by atoms with Crippen molar-refractivity contribution < 1.29 is 18.7 Å². The molecule has 2 aliphatic heterocycles. The number of aromatic amines is 1. The lowest BCUT2D eigenvalue weighted by molar-refractivity contribution is -0.120. The first-order valence-electron chi connectivity index (χ1n) is 9.96. The normalized spacial score (nSPS) is 17.8. The lowest BCUT2D eigenvalue weighted by Gasteiger charge is -2.31. The smallest absolute Gasteiger partial charge is 0.293 e. The minimum atomic E-state index is -1.00. The van der Waals surface area contributed by atoms with Crippen LogP contribution in [0.5, 0.6) is 5.75 Å². The number of nitrogens with one attached hydrogen (secondary N) is 2. The van der Waals surface area contributed by atoms with E-state index in [-0.39, 0.29) is 18.2 Å². The molecule has 12 heteroatoms. The van der Waals surface area contributed by atoms with E-state index < -0.39 is 23.7 Å². The van der Waals surface area contributed by atoms with E-state index in [1.807, 2.05) is 11.0 Å². The van der Waals surface area contributed by atoms with Gasteiger partial charge >= 0.3 is 0 Å². The number of rotatable bonds is 3. The highest BCUT2D eigenvalue weighted by Crippen LogP contribution is 2.38. The summed E-state index contributed by atoms with van der Waals surface area (Å²) in [5, 5.41) is 15.2. The Morgan fingerprint density at radius 2 is 2.19 bits per heavy atom. The third-order valence-corrected chi connectivity index (χ3v) is 5.64. The van der Waals surface area contributed by atoms with Gasteiger partial charge in [0.25, 0.3) is 17.6 Å². The van der Waals surface area contributed by atoms with E-state index in [0.29, 0.717) is 24.5 Å². The molecule has 2 aliphatic rings. The highest BCUT2D eigenvalue weighted by atomic mass is 19.1. The summed E-state index contributed by atoms with van der Waals surface area (Å²) in [4.78, 5) is 32.7. The van der Waals surface area contributed by atoms with Gasteiger partial charge in [-0.25, -0.2) is 4.39 Å². The number of pyridine rings is 1. The molecule has 164 valence electrons. The predicted molar refractivity (Wildman–Crippen MR) is 110 cm³/mol. The van der Waals surface area contributed by atoms with E-state index in [1.54, 1.807) is 25.5 Å². The Morgan fingerprint density at radius 1 is 1.31 bits per heavy atom. The summed E-state index contributed by atoms with van der Waals surface area (Å²) in [7, 11) is 1.56. The minimum absolute atomic E-state index is 0.165. The largest absolute Gasteiger partial charge is 0.489 e. The molecule has 0 radical (unpaired) electrons. The molecular weight excluding hydrogens is 419 g/mol. The summed E-state index contributed by atoms with van der Waals surface area (Å²) < 4.78 is 20.7. The van der Waals surface area contributed by atoms with Gasteiger partial charge in [0.15, 0.2) is 0 Å². The van der Waals surface area contributed by atoms with Crippen molar-refractivity contribution >= 4 is 23.2 Å². The van der Waals surface area contributed by atoms with Gasteiger partial charge in [-0.2, -0.15) is 5.21 Å². The molecule has 0 saturated heterocycles. The van der Waals surface area contributed by atoms with Gasteiger partial charge in [-0.3, -0.25) is 14.6 Å². The third kappa shape index (κ3) is 3.49. The molecule has 0 saturated carbocycles. The number of nitrogens with zero attached hydrogens (tertiary/aromatic N) is 6. The molecule has 0 unspecified atom stereocenters. The molecule has 1 aromatic carbocycles. The number of aromatic nitrogens is 5. The Bertz CT molecular complexity index is 1190. The van der Waals surface area contributed by atoms with Crippen molar-refractivity contribution in [1.29, 1.82) is 0 Å². The lowest BCUT2D eigenvalue weighted by atomic mass is 10.0. The van der Waals surface area contributed by atoms with Crippen LogP contribution in [0.1, 0.15) is 21.7 Å². The van der Waals surface area contributed by atoms with Crippen LogP contribution in [0, 0.1) is 5.82 Å². The number of hydrogen-bond donors (Lipinski definition) is 2. The maximum Gasteiger partial charge on any atom is 0.293 e. The molecular formula is C20H19FN8O3. The van der Waals surface area contributed by atoms with Crippen molar-refractivity contribution in [2.24, 2.45) is 0 Å². The molecule has 0 bridgehead atoms. The summed E-state index contributed by atoms with van der Waals surface area (Å²) >= 11 is 0. The minimum Gasteiger partial charge on any atom is -0.489 e. The quantitative estimate of drug-likeness (QED) is 0.603. The van der Waals surface area contributed by atoms with Crippen LogP contribution < -0.4 is 19.9 Å². The average molecular weight is 438 g/mol. The van der Waals surface area contributed by atoms with Crippen molar-refractivity contribution in [3.8, 4) is 5.75 Å². The molecule has 2 N–H and O–H groups in total. The average Bonchev–Trinajstić information content (AvgIpc) is 3.32. The Kier molecular flexibility index (Phi) is 4.88. The number of carbonyl (C=O) groups is 2. The molecule has 32 heavy (non-hydrogen) atoms. The molecule has 0 aliphatic carbocycles. The Hall–Kier alpha value is -4.09. The van der Waals surface area contributed by atoms with Crippen LogP contribution in [0.15, 0.2) is 30.6 Å². The zero-order valence-electron chi connectivity index (χ0n) is 17.1. The molecule has 3 aromatic rings. The first-order chi connectivity index (χ1) is 15.5. The van der Waals surface area contributed by atoms with Gasteiger partial charge in [-0.15, -0.1) is 10.2 Å². The molecule has 2 aromatic heterocycles. The Morgan fingerprint density at radius 3 is 3.00 bits per heavy atom. The number of ether oxygens (including phenoxy) is 1. The van der Waals surface area contributed by atoms with Crippen LogP contribution in [-0.4, -0.2) is 63.7 Å². The van der Waals surface area contributed by atoms with Crippen LogP contribution in [0.4, 0.5) is 15.8 Å². The summed E-state index contributed by atoms with van der Waals surface area (Å²) in [5.74, 6) is -1.52. The number of hydrogen-bond acceptors (Lipinski definition) is 8. The second kappa shape index (κ2) is 7.87. The zero-order valence-corrected chi connectivity index (χ0v) is 17.1. The van der Waals surface area contributed by atoms with Crippen LogP contribution in [-0.2, 0) is 17.8 Å². The van der Waals surface area contributed by atoms with Crippen molar-refractivity contribution in [3.63, 3.8) is 0 Å². The first-order valence-corrected chi connectivity index (χ1v) is 9.96. The number of likely N-dealkylation sites (N-methyl/N-ethyl adjacent to an activating group) is 1. The van der Waals surface area contributed by atoms with E-state index in [1.165, 1.54) is 16.5 Å². The lowest BCUT2D eigenvalue weighted by Crippen LogP contribution is -2.49. The van der Waals surface area contributed by atoms with E-state index >= 15 is 4.39 Å². The number of anilines is 2. The summed E-state index contributed by atoms with van der Waals surface area (Å²) in [6.45, 7) is 0.983. The predicted octanol–water partition coefficient (Wildman–Crippen LogP) is 0.450. The molecule has 0 fully saturated rings. The Balaban J connectivity index is 1.40. The van der Waals surface area contributed by atoms with Gasteiger partial charge in [0.1, 0.15) is 24.2 Å². The second-order valence-corrected chi connectivity index (χ2v) is 7.56. The first kappa shape index (κ1) is 19.8. The monoisotopic (exact) mass is 438 g/mol. The number of amides is 2. The van der Waals surface area contributed by atoms with Crippen LogP contribution >= 0.6 is 0 Å². The topological polar surface area (TPSA) is 129 Å². The SMILES string of the molecule is CN1C(=O)[C@@H](NC(=O)c2nn[nH]n2)COc2cc(F)c(N3CCc4ccncc4C3)cc21. The van der Waals surface area contributed by atoms with Crippen LogP contribution in [0.2, 0.25) is 0 Å². The highest BCUT2D eigenvalue weighted by Gasteiger charge is 2.33. The van der Waals surface area contributed by atoms with Gasteiger partial charge in [0.2, 0.25) is 0 Å². The fourth-order valence-corrected chi connectivity index (χ4v) is 3.92. The molecule has 11 nitrogen and oxygen atoms in total. The number of tetrazole rings is 1. The van der Waals surface area contributed by atoms with Gasteiger partial charge in [0, 0.05) is 38.6 Å². The molecule has 1 atom stereocenters. The van der Waals surface area contributed by atoms with Crippen molar-refractivity contribution in [3.05, 3.63) is 53.4 Å². The van der Waals surface area contributed by atoms with Crippen LogP contribution in [0.25, 0.3) is 0 Å². The van der Waals surface area contributed by atoms with E-state index in [4.69, 9.17) is 4.74 Å². The summed E-state index contributed by atoms with van der Waals surface area (Å²) in [6.07, 6.45) is 4.31. The number of carbonyl (C=O) groups excluding carboxylic acids is 2. The maximum atomic E-state index is 15.1. The van der Waals surface area contributed by atoms with E-state index in [0.717, 1.165) is 12.0 Å². The number of halogens is 1. The van der Waals surface area contributed by atoms with Gasteiger partial charge in [-0.05, 0) is 34.9 Å². The van der Waals surface area contributed by atoms with Gasteiger partial charge in [-0.1, -0.05) is 0 Å². The van der Waals surface area contributed by atoms with Crippen molar-refractivity contribution in [2.45, 2.75) is 19.0 Å². The number of benzene rings is 1. The van der Waals surface area contributed by atoms with Crippen LogP contribution in [0.3, 0.4) is 0 Å². The fraction of sp³-hybridized carbons (Fsp3) is 0.300. The summed E-state index contributed by atoms with van der Waals surface area (Å²) in [5.41, 5.74) is 3.02. The Labute approximate surface area is 181 Å². The molecule has 5 rings (SSSR count). The second-order valence-electron chi connectivity index (χ2n) is 7.56. The highest BCUT2D eigenvalue weighted by molar-refractivity contribution is 6.02. The molecule has 4 heterocycles. The van der Waals surface area contributed by atoms with E-state index in [2.05, 4.69) is 30.9 Å². The zero-order chi connectivity index (χ0) is 22.2. The van der Waals surface area contributed by atoms with E-state index in [9.17, 15) is 9.59 Å². The maximum absolute atomic E-state index is 15.1.